The standard InChI is InChI=1S/C21H21F3O3.C19H18O4.2CH4/c1-13-3-6-15(7-4-13)16-8-10-17(11-9-16)20(25)27-18-12-5-14(2)19(26-18)21(22,23)24;1-12-3-5-14(6-4-12)15-7-9-16(10-8-15)18(20)23-17-11-13(2)22-19(17)21;;/h3-4,6-11,14,18-19H,5,12H2,1-2H3;3-10,13,17H,11H2,1-2H3;2*1H4. The molecule has 6 rings (SSSR count). The van der Waals surface area contributed by atoms with Gasteiger partial charge in [0, 0.05) is 12.8 Å². The Hall–Kier alpha value is -4.96. The van der Waals surface area contributed by atoms with E-state index in [1.165, 1.54) is 12.5 Å². The van der Waals surface area contributed by atoms with E-state index < -0.39 is 48.5 Å². The second-order valence-electron chi connectivity index (χ2n) is 12.8. The lowest BCUT2D eigenvalue weighted by atomic mass is 9.95. The van der Waals surface area contributed by atoms with Crippen LogP contribution in [0.2, 0.25) is 0 Å². The summed E-state index contributed by atoms with van der Waals surface area (Å²) >= 11 is 0. The molecule has 7 nitrogen and oxygen atoms in total. The molecule has 0 aliphatic carbocycles. The summed E-state index contributed by atoms with van der Waals surface area (Å²) in [5.74, 6) is -2.32. The lowest BCUT2D eigenvalue weighted by molar-refractivity contribution is -0.291. The number of hydrogen-bond acceptors (Lipinski definition) is 7. The van der Waals surface area contributed by atoms with Crippen molar-refractivity contribution in [2.45, 2.75) is 92.6 Å². The van der Waals surface area contributed by atoms with Gasteiger partial charge in [-0.15, -0.1) is 0 Å². The van der Waals surface area contributed by atoms with E-state index in [0.29, 0.717) is 12.0 Å². The van der Waals surface area contributed by atoms with Crippen molar-refractivity contribution in [2.75, 3.05) is 0 Å². The Morgan fingerprint density at radius 3 is 1.44 bits per heavy atom. The monoisotopic (exact) mass is 720 g/mol. The van der Waals surface area contributed by atoms with Crippen molar-refractivity contribution >= 4 is 17.9 Å². The molecule has 2 aliphatic rings. The number of rotatable bonds is 6. The Labute approximate surface area is 304 Å². The van der Waals surface area contributed by atoms with Crippen LogP contribution in [-0.4, -0.2) is 48.7 Å². The molecule has 10 heteroatoms. The number of esters is 3. The van der Waals surface area contributed by atoms with Crippen molar-refractivity contribution in [3.8, 4) is 22.3 Å². The average Bonchev–Trinajstić information content (AvgIpc) is 3.41. The molecule has 0 N–H and O–H groups in total. The smallest absolute Gasteiger partial charge is 0.415 e. The van der Waals surface area contributed by atoms with Crippen LogP contribution in [0, 0.1) is 19.8 Å². The Kier molecular flexibility index (Phi) is 14.3. The van der Waals surface area contributed by atoms with Gasteiger partial charge in [-0.25, -0.2) is 14.4 Å². The number of alkyl halides is 3. The molecule has 0 bridgehead atoms. The number of hydrogen-bond donors (Lipinski definition) is 0. The Bertz CT molecular complexity index is 1770. The Balaban J connectivity index is 0.000000273. The third kappa shape index (κ3) is 10.8. The third-order valence-corrected chi connectivity index (χ3v) is 8.62. The minimum absolute atomic E-state index is 0. The normalized spacial score (nSPS) is 20.9. The van der Waals surface area contributed by atoms with Crippen LogP contribution in [0.1, 0.15) is 79.8 Å². The summed E-state index contributed by atoms with van der Waals surface area (Å²) in [5.41, 5.74) is 7.11. The number of ether oxygens (including phenoxy) is 4. The first-order chi connectivity index (χ1) is 23.8. The molecule has 2 heterocycles. The minimum atomic E-state index is -4.47. The van der Waals surface area contributed by atoms with Gasteiger partial charge in [0.25, 0.3) is 0 Å². The number of halogens is 3. The molecule has 2 fully saturated rings. The summed E-state index contributed by atoms with van der Waals surface area (Å²) in [5, 5.41) is 0. The summed E-state index contributed by atoms with van der Waals surface area (Å²) in [7, 11) is 0. The van der Waals surface area contributed by atoms with Crippen LogP contribution < -0.4 is 0 Å². The molecule has 2 aliphatic heterocycles. The topological polar surface area (TPSA) is 88.1 Å². The molecule has 0 aromatic heterocycles. The van der Waals surface area contributed by atoms with Crippen LogP contribution in [0.3, 0.4) is 0 Å². The molecule has 278 valence electrons. The summed E-state index contributed by atoms with van der Waals surface area (Å²) < 4.78 is 59.3. The summed E-state index contributed by atoms with van der Waals surface area (Å²) in [6, 6.07) is 30.1. The molecule has 4 aromatic rings. The van der Waals surface area contributed by atoms with Gasteiger partial charge in [0.05, 0.1) is 11.1 Å². The zero-order valence-electron chi connectivity index (χ0n) is 28.2. The highest BCUT2D eigenvalue weighted by Gasteiger charge is 2.48. The van der Waals surface area contributed by atoms with Crippen LogP contribution in [0.25, 0.3) is 22.3 Å². The zero-order valence-corrected chi connectivity index (χ0v) is 28.2. The number of carbonyl (C=O) groups excluding carboxylic acids is 3. The predicted octanol–water partition coefficient (Wildman–Crippen LogP) is 10.3. The summed E-state index contributed by atoms with van der Waals surface area (Å²) in [6.45, 7) is 7.31. The fourth-order valence-electron chi connectivity index (χ4n) is 5.69. The predicted molar refractivity (Wildman–Crippen MR) is 195 cm³/mol. The molecular weight excluding hydrogens is 673 g/mol. The molecule has 4 aromatic carbocycles. The molecule has 5 unspecified atom stereocenters. The Morgan fingerprint density at radius 2 is 1.06 bits per heavy atom. The number of cyclic esters (lactones) is 1. The van der Waals surface area contributed by atoms with Gasteiger partial charge < -0.3 is 18.9 Å². The molecule has 0 spiro atoms. The van der Waals surface area contributed by atoms with Crippen molar-refractivity contribution in [2.24, 2.45) is 5.92 Å². The zero-order chi connectivity index (χ0) is 36.0. The van der Waals surface area contributed by atoms with Crippen LogP contribution in [-0.2, 0) is 23.7 Å². The maximum atomic E-state index is 13.0. The van der Waals surface area contributed by atoms with Crippen molar-refractivity contribution in [3.05, 3.63) is 119 Å². The van der Waals surface area contributed by atoms with Crippen molar-refractivity contribution in [1.29, 1.82) is 0 Å². The van der Waals surface area contributed by atoms with Gasteiger partial charge in [-0.3, -0.25) is 0 Å². The van der Waals surface area contributed by atoms with Gasteiger partial charge in [-0.1, -0.05) is 106 Å². The molecule has 52 heavy (non-hydrogen) atoms. The van der Waals surface area contributed by atoms with Gasteiger partial charge >= 0.3 is 24.1 Å². The first kappa shape index (κ1) is 41.5. The van der Waals surface area contributed by atoms with Crippen molar-refractivity contribution < 1.29 is 46.5 Å². The molecule has 0 radical (unpaired) electrons. The van der Waals surface area contributed by atoms with Gasteiger partial charge in [0.2, 0.25) is 12.4 Å². The van der Waals surface area contributed by atoms with Gasteiger partial charge in [0.15, 0.2) is 6.10 Å². The molecule has 2 saturated heterocycles. The highest BCUT2D eigenvalue weighted by molar-refractivity contribution is 5.92. The highest BCUT2D eigenvalue weighted by Crippen LogP contribution is 2.36. The number of benzene rings is 4. The van der Waals surface area contributed by atoms with E-state index in [2.05, 4.69) is 0 Å². The lowest BCUT2D eigenvalue weighted by Gasteiger charge is -2.35. The third-order valence-electron chi connectivity index (χ3n) is 8.62. The minimum Gasteiger partial charge on any atom is -0.460 e. The number of aryl methyl sites for hydroxylation is 2. The number of carbonyl (C=O) groups is 3. The van der Waals surface area contributed by atoms with Gasteiger partial charge in [0.1, 0.15) is 6.10 Å². The summed E-state index contributed by atoms with van der Waals surface area (Å²) in [6.07, 6.45) is -7.62. The molecule has 0 saturated carbocycles. The quantitative estimate of drug-likeness (QED) is 0.145. The lowest BCUT2D eigenvalue weighted by Crippen LogP contribution is -2.45. The van der Waals surface area contributed by atoms with E-state index in [9.17, 15) is 27.6 Å². The SMILES string of the molecule is C.C.Cc1ccc(-c2ccc(C(=O)OC3CC(C)OC3=O)cc2)cc1.Cc1ccc(-c2ccc(C(=O)OC3CCC(C)C(C(F)(F)F)O3)cc2)cc1. The maximum Gasteiger partial charge on any atom is 0.415 e. The van der Waals surface area contributed by atoms with Crippen LogP contribution in [0.4, 0.5) is 13.2 Å². The molecule has 5 atom stereocenters. The first-order valence-corrected chi connectivity index (χ1v) is 16.5. The van der Waals surface area contributed by atoms with E-state index >= 15 is 0 Å². The van der Waals surface area contributed by atoms with Gasteiger partial charge in [-0.05, 0) is 79.6 Å². The van der Waals surface area contributed by atoms with Crippen LogP contribution >= 0.6 is 0 Å². The van der Waals surface area contributed by atoms with E-state index in [4.69, 9.17) is 18.9 Å². The Morgan fingerprint density at radius 1 is 0.654 bits per heavy atom. The largest absolute Gasteiger partial charge is 0.460 e. The fraction of sp³-hybridized carbons (Fsp3) is 0.357. The van der Waals surface area contributed by atoms with E-state index in [-0.39, 0.29) is 39.4 Å². The van der Waals surface area contributed by atoms with Crippen LogP contribution in [0.5, 0.6) is 0 Å². The molecule has 0 amide bonds. The molecular formula is C42H47F3O7. The van der Waals surface area contributed by atoms with Crippen molar-refractivity contribution in [3.63, 3.8) is 0 Å². The van der Waals surface area contributed by atoms with E-state index in [1.807, 2.05) is 74.5 Å². The summed E-state index contributed by atoms with van der Waals surface area (Å²) in [4.78, 5) is 35.9. The van der Waals surface area contributed by atoms with E-state index in [0.717, 1.165) is 27.8 Å². The maximum absolute atomic E-state index is 13.0. The second-order valence-corrected chi connectivity index (χ2v) is 12.8. The highest BCUT2D eigenvalue weighted by atomic mass is 19.4. The average molecular weight is 721 g/mol. The van der Waals surface area contributed by atoms with E-state index in [1.54, 1.807) is 43.3 Å². The fourth-order valence-corrected chi connectivity index (χ4v) is 5.69. The first-order valence-electron chi connectivity index (χ1n) is 16.5. The van der Waals surface area contributed by atoms with Crippen molar-refractivity contribution in [1.82, 2.24) is 0 Å². The van der Waals surface area contributed by atoms with Gasteiger partial charge in [-0.2, -0.15) is 13.2 Å². The second kappa shape index (κ2) is 18.0. The van der Waals surface area contributed by atoms with Crippen LogP contribution in [0.15, 0.2) is 97.1 Å².